The van der Waals surface area contributed by atoms with E-state index in [0.717, 1.165) is 10.9 Å². The molecule has 2 aromatic rings. The first-order valence-corrected chi connectivity index (χ1v) is 6.88. The smallest absolute Gasteiger partial charge is 0.162 e. The zero-order chi connectivity index (χ0) is 13.3. The van der Waals surface area contributed by atoms with E-state index < -0.39 is 11.6 Å². The van der Waals surface area contributed by atoms with Crippen molar-refractivity contribution in [3.05, 3.63) is 56.8 Å². The summed E-state index contributed by atoms with van der Waals surface area (Å²) < 4.78 is 26.6. The lowest BCUT2D eigenvalue weighted by Crippen LogP contribution is -1.98. The van der Waals surface area contributed by atoms with Crippen molar-refractivity contribution in [2.24, 2.45) is 0 Å². The average Bonchev–Trinajstić information content (AvgIpc) is 2.66. The molecule has 1 aromatic carbocycles. The Morgan fingerprint density at radius 1 is 1.28 bits per heavy atom. The van der Waals surface area contributed by atoms with Crippen LogP contribution < -0.4 is 0 Å². The minimum Gasteiger partial charge on any atom is -0.204 e. The third-order valence-corrected chi connectivity index (χ3v) is 4.71. The van der Waals surface area contributed by atoms with Gasteiger partial charge in [-0.3, -0.25) is 0 Å². The second-order valence-corrected chi connectivity index (χ2v) is 6.09. The molecular formula is C14H13ClF2S. The summed E-state index contributed by atoms with van der Waals surface area (Å²) in [6.07, 6.45) is 0.296. The molecule has 1 heterocycles. The third kappa shape index (κ3) is 2.73. The van der Waals surface area contributed by atoms with Crippen LogP contribution in [0, 0.1) is 25.5 Å². The van der Waals surface area contributed by atoms with Gasteiger partial charge in [0.25, 0.3) is 0 Å². The van der Waals surface area contributed by atoms with E-state index in [1.54, 1.807) is 17.4 Å². The molecule has 1 aromatic heterocycles. The maximum absolute atomic E-state index is 13.5. The van der Waals surface area contributed by atoms with Crippen LogP contribution in [0.3, 0.4) is 0 Å². The summed E-state index contributed by atoms with van der Waals surface area (Å²) in [5.74, 6) is -1.62. The summed E-state index contributed by atoms with van der Waals surface area (Å²) in [7, 11) is 0. The highest BCUT2D eigenvalue weighted by Gasteiger charge is 2.16. The van der Waals surface area contributed by atoms with E-state index >= 15 is 0 Å². The molecule has 96 valence electrons. The molecule has 1 unspecified atom stereocenters. The zero-order valence-corrected chi connectivity index (χ0v) is 11.7. The van der Waals surface area contributed by atoms with Crippen molar-refractivity contribution in [1.29, 1.82) is 0 Å². The van der Waals surface area contributed by atoms with E-state index in [1.807, 2.05) is 19.9 Å². The molecule has 0 amide bonds. The highest BCUT2D eigenvalue weighted by Crippen LogP contribution is 2.33. The van der Waals surface area contributed by atoms with Gasteiger partial charge in [0.2, 0.25) is 0 Å². The predicted octanol–water partition coefficient (Wildman–Crippen LogP) is 5.17. The fourth-order valence-corrected chi connectivity index (χ4v) is 3.14. The third-order valence-electron chi connectivity index (χ3n) is 2.92. The lowest BCUT2D eigenvalue weighted by atomic mass is 10.1. The summed E-state index contributed by atoms with van der Waals surface area (Å²) >= 11 is 7.88. The van der Waals surface area contributed by atoms with Crippen LogP contribution in [0.5, 0.6) is 0 Å². The fraction of sp³-hybridized carbons (Fsp3) is 0.286. The Kier molecular flexibility index (Phi) is 4.03. The molecular weight excluding hydrogens is 274 g/mol. The monoisotopic (exact) mass is 286 g/mol. The van der Waals surface area contributed by atoms with Crippen LogP contribution >= 0.6 is 22.9 Å². The lowest BCUT2D eigenvalue weighted by Gasteiger charge is -2.08. The number of hydrogen-bond donors (Lipinski definition) is 0. The van der Waals surface area contributed by atoms with E-state index in [9.17, 15) is 8.78 Å². The molecule has 1 atom stereocenters. The van der Waals surface area contributed by atoms with Crippen LogP contribution in [-0.4, -0.2) is 0 Å². The minimum absolute atomic E-state index is 0.296. The van der Waals surface area contributed by atoms with Gasteiger partial charge in [0, 0.05) is 9.75 Å². The molecule has 0 aliphatic carbocycles. The number of hydrogen-bond acceptors (Lipinski definition) is 1. The van der Waals surface area contributed by atoms with Crippen molar-refractivity contribution in [3.63, 3.8) is 0 Å². The molecule has 0 fully saturated rings. The van der Waals surface area contributed by atoms with Crippen molar-refractivity contribution in [2.75, 3.05) is 0 Å². The highest BCUT2D eigenvalue weighted by molar-refractivity contribution is 7.12. The van der Waals surface area contributed by atoms with E-state index in [4.69, 9.17) is 11.6 Å². The Bertz CT molecular complexity index is 543. The summed E-state index contributed by atoms with van der Waals surface area (Å²) in [6.45, 7) is 4.04. The van der Waals surface area contributed by atoms with Crippen molar-refractivity contribution >= 4 is 22.9 Å². The number of thiophene rings is 1. The molecule has 0 radical (unpaired) electrons. The van der Waals surface area contributed by atoms with E-state index in [1.165, 1.54) is 16.5 Å². The first-order chi connectivity index (χ1) is 8.49. The molecule has 2 rings (SSSR count). The fourth-order valence-electron chi connectivity index (χ4n) is 1.76. The van der Waals surface area contributed by atoms with Crippen molar-refractivity contribution < 1.29 is 8.78 Å². The Morgan fingerprint density at radius 2 is 2.00 bits per heavy atom. The van der Waals surface area contributed by atoms with E-state index in [-0.39, 0.29) is 5.38 Å². The predicted molar refractivity (Wildman–Crippen MR) is 72.4 cm³/mol. The first kappa shape index (κ1) is 13.5. The number of halogens is 3. The molecule has 18 heavy (non-hydrogen) atoms. The molecule has 0 spiro atoms. The standard InChI is InChI=1S/C14H13ClF2S/c1-8-6-13(18-9(8)2)11(15)7-10-4-3-5-12(16)14(10)17/h3-6,11H,7H2,1-2H3. The lowest BCUT2D eigenvalue weighted by molar-refractivity contribution is 0.498. The molecule has 0 aliphatic rings. The van der Waals surface area contributed by atoms with Gasteiger partial charge in [0.15, 0.2) is 11.6 Å². The summed E-state index contributed by atoms with van der Waals surface area (Å²) in [5, 5.41) is -0.321. The van der Waals surface area contributed by atoms with Gasteiger partial charge in [-0.15, -0.1) is 22.9 Å². The average molecular weight is 287 g/mol. The normalized spacial score (nSPS) is 12.7. The van der Waals surface area contributed by atoms with Crippen molar-refractivity contribution in [3.8, 4) is 0 Å². The van der Waals surface area contributed by atoms with Crippen LogP contribution in [0.25, 0.3) is 0 Å². The van der Waals surface area contributed by atoms with Gasteiger partial charge in [-0.25, -0.2) is 8.78 Å². The maximum atomic E-state index is 13.5. The van der Waals surface area contributed by atoms with Gasteiger partial charge in [-0.2, -0.15) is 0 Å². The largest absolute Gasteiger partial charge is 0.204 e. The van der Waals surface area contributed by atoms with Crippen LogP contribution in [0.1, 0.15) is 26.3 Å². The summed E-state index contributed by atoms with van der Waals surface area (Å²) in [6, 6.07) is 6.19. The Balaban J connectivity index is 2.21. The molecule has 0 saturated heterocycles. The Morgan fingerprint density at radius 3 is 2.61 bits per heavy atom. The van der Waals surface area contributed by atoms with Gasteiger partial charge < -0.3 is 0 Å². The van der Waals surface area contributed by atoms with Crippen LogP contribution in [-0.2, 0) is 6.42 Å². The van der Waals surface area contributed by atoms with E-state index in [0.29, 0.717) is 12.0 Å². The van der Waals surface area contributed by atoms with Gasteiger partial charge >= 0.3 is 0 Å². The van der Waals surface area contributed by atoms with Crippen LogP contribution in [0.15, 0.2) is 24.3 Å². The molecule has 0 saturated carbocycles. The summed E-state index contributed by atoms with van der Waals surface area (Å²) in [4.78, 5) is 2.20. The Labute approximate surface area is 114 Å². The molecule has 0 nitrogen and oxygen atoms in total. The van der Waals surface area contributed by atoms with Gasteiger partial charge in [0.05, 0.1) is 5.38 Å². The molecule has 4 heteroatoms. The number of aryl methyl sites for hydroxylation is 2. The molecule has 0 bridgehead atoms. The van der Waals surface area contributed by atoms with Crippen LogP contribution in [0.2, 0.25) is 0 Å². The van der Waals surface area contributed by atoms with Gasteiger partial charge in [-0.1, -0.05) is 12.1 Å². The van der Waals surface area contributed by atoms with Crippen molar-refractivity contribution in [1.82, 2.24) is 0 Å². The van der Waals surface area contributed by atoms with Gasteiger partial charge in [-0.05, 0) is 43.5 Å². The number of alkyl halides is 1. The Hall–Kier alpha value is -0.930. The summed E-state index contributed by atoms with van der Waals surface area (Å²) in [5.41, 5.74) is 1.50. The second-order valence-electron chi connectivity index (χ2n) is 4.27. The quantitative estimate of drug-likeness (QED) is 0.683. The minimum atomic E-state index is -0.824. The van der Waals surface area contributed by atoms with Crippen LogP contribution in [0.4, 0.5) is 8.78 Å². The van der Waals surface area contributed by atoms with Crippen molar-refractivity contribution in [2.45, 2.75) is 25.6 Å². The van der Waals surface area contributed by atoms with Gasteiger partial charge in [0.1, 0.15) is 0 Å². The topological polar surface area (TPSA) is 0 Å². The molecule has 0 aliphatic heterocycles. The second kappa shape index (κ2) is 5.37. The highest BCUT2D eigenvalue weighted by atomic mass is 35.5. The molecule has 0 N–H and O–H groups in total. The van der Waals surface area contributed by atoms with E-state index in [2.05, 4.69) is 0 Å². The maximum Gasteiger partial charge on any atom is 0.162 e. The number of rotatable bonds is 3. The zero-order valence-electron chi connectivity index (χ0n) is 10.1. The SMILES string of the molecule is Cc1cc(C(Cl)Cc2cccc(F)c2F)sc1C. The first-order valence-electron chi connectivity index (χ1n) is 5.63. The number of benzene rings is 1.